The highest BCUT2D eigenvalue weighted by atomic mass is 19.2. The Morgan fingerprint density at radius 2 is 1.91 bits per heavy atom. The average molecular weight is 310 g/mol. The first-order chi connectivity index (χ1) is 10.2. The van der Waals surface area contributed by atoms with Crippen molar-refractivity contribution in [2.45, 2.75) is 38.8 Å². The quantitative estimate of drug-likeness (QED) is 0.738. The second-order valence-corrected chi connectivity index (χ2v) is 6.87. The Hall–Kier alpha value is -1.85. The molecule has 1 saturated heterocycles. The van der Waals surface area contributed by atoms with Gasteiger partial charge in [-0.2, -0.15) is 0 Å². The number of hydrogen-bond acceptors (Lipinski definition) is 3. The summed E-state index contributed by atoms with van der Waals surface area (Å²) < 4.78 is 32.2. The van der Waals surface area contributed by atoms with Crippen molar-refractivity contribution in [3.8, 4) is 0 Å². The summed E-state index contributed by atoms with van der Waals surface area (Å²) in [6.07, 6.45) is 0.284. The summed E-state index contributed by atoms with van der Waals surface area (Å²) in [5.41, 5.74) is 1.02. The normalized spacial score (nSPS) is 20.7. The topological polar surface area (TPSA) is 32.8 Å². The average Bonchev–Trinajstić information content (AvgIpc) is 2.74. The van der Waals surface area contributed by atoms with Gasteiger partial charge in [-0.25, -0.2) is 13.6 Å². The number of nitrogens with zero attached hydrogens (tertiary/aromatic N) is 2. The van der Waals surface area contributed by atoms with Gasteiger partial charge in [0.2, 0.25) is 0 Å². The summed E-state index contributed by atoms with van der Waals surface area (Å²) in [7, 11) is 0. The van der Waals surface area contributed by atoms with E-state index >= 15 is 0 Å². The number of hydrogen-bond donors (Lipinski definition) is 0. The Balaban J connectivity index is 1.73. The first-order valence-corrected chi connectivity index (χ1v) is 7.47. The van der Waals surface area contributed by atoms with Crippen molar-refractivity contribution in [2.24, 2.45) is 0 Å². The van der Waals surface area contributed by atoms with Gasteiger partial charge in [-0.3, -0.25) is 0 Å². The van der Waals surface area contributed by atoms with E-state index in [1.807, 2.05) is 20.8 Å². The minimum absolute atomic E-state index is 0.0532. The molecule has 0 bridgehead atoms. The number of anilines is 1. The number of piperazine rings is 1. The maximum atomic E-state index is 13.4. The molecule has 2 aliphatic rings. The lowest BCUT2D eigenvalue weighted by Crippen LogP contribution is -2.54. The molecule has 0 radical (unpaired) electrons. The van der Waals surface area contributed by atoms with Crippen molar-refractivity contribution in [2.75, 3.05) is 24.5 Å². The number of rotatable bonds is 0. The molecule has 2 aliphatic heterocycles. The summed E-state index contributed by atoms with van der Waals surface area (Å²) >= 11 is 0. The zero-order valence-electron chi connectivity index (χ0n) is 13.0. The molecule has 0 saturated carbocycles. The van der Waals surface area contributed by atoms with Crippen LogP contribution < -0.4 is 4.90 Å². The van der Waals surface area contributed by atoms with Gasteiger partial charge in [0.15, 0.2) is 11.6 Å². The van der Waals surface area contributed by atoms with Crippen LogP contribution in [0.15, 0.2) is 12.1 Å². The Labute approximate surface area is 128 Å². The van der Waals surface area contributed by atoms with Gasteiger partial charge >= 0.3 is 6.09 Å². The predicted molar refractivity (Wildman–Crippen MR) is 79.0 cm³/mol. The Bertz CT molecular complexity index is 613. The SMILES string of the molecule is CC(C)(C)OC(=O)N1CCN2c3cc(F)c(F)cc3CC2C1. The van der Waals surface area contributed by atoms with Crippen LogP contribution in [0.25, 0.3) is 0 Å². The van der Waals surface area contributed by atoms with E-state index in [1.54, 1.807) is 4.90 Å². The van der Waals surface area contributed by atoms with E-state index in [1.165, 1.54) is 12.1 Å². The summed E-state index contributed by atoms with van der Waals surface area (Å²) in [5, 5.41) is 0. The van der Waals surface area contributed by atoms with Crippen LogP contribution in [-0.4, -0.2) is 42.3 Å². The van der Waals surface area contributed by atoms with Crippen LogP contribution in [0.2, 0.25) is 0 Å². The van der Waals surface area contributed by atoms with E-state index in [2.05, 4.69) is 4.90 Å². The van der Waals surface area contributed by atoms with E-state index in [0.717, 1.165) is 11.3 Å². The van der Waals surface area contributed by atoms with Crippen LogP contribution in [0.3, 0.4) is 0 Å². The fourth-order valence-electron chi connectivity index (χ4n) is 3.10. The number of benzene rings is 1. The van der Waals surface area contributed by atoms with Crippen LogP contribution in [0, 0.1) is 11.6 Å². The molecule has 1 unspecified atom stereocenters. The summed E-state index contributed by atoms with van der Waals surface area (Å²) in [5.74, 6) is -1.64. The molecule has 1 amide bonds. The molecule has 0 aromatic heterocycles. The highest BCUT2D eigenvalue weighted by Crippen LogP contribution is 2.35. The number of halogens is 2. The highest BCUT2D eigenvalue weighted by Gasteiger charge is 2.37. The molecule has 1 aromatic carbocycles. The van der Waals surface area contributed by atoms with Gasteiger partial charge in [-0.1, -0.05) is 0 Å². The van der Waals surface area contributed by atoms with Gasteiger partial charge in [0.1, 0.15) is 5.60 Å². The molecule has 0 N–H and O–H groups in total. The maximum absolute atomic E-state index is 13.4. The van der Waals surface area contributed by atoms with E-state index in [-0.39, 0.29) is 12.1 Å². The first-order valence-electron chi connectivity index (χ1n) is 7.47. The van der Waals surface area contributed by atoms with E-state index in [9.17, 15) is 13.6 Å². The number of fused-ring (bicyclic) bond motifs is 3. The van der Waals surface area contributed by atoms with E-state index in [0.29, 0.717) is 26.1 Å². The van der Waals surface area contributed by atoms with Crippen LogP contribution in [-0.2, 0) is 11.2 Å². The van der Waals surface area contributed by atoms with Gasteiger partial charge in [0.25, 0.3) is 0 Å². The lowest BCUT2D eigenvalue weighted by Gasteiger charge is -2.39. The second kappa shape index (κ2) is 5.11. The molecule has 1 atom stereocenters. The molecule has 1 fully saturated rings. The van der Waals surface area contributed by atoms with Gasteiger partial charge in [-0.05, 0) is 38.8 Å². The zero-order valence-corrected chi connectivity index (χ0v) is 13.0. The Kier molecular flexibility index (Phi) is 3.50. The zero-order chi connectivity index (χ0) is 16.1. The monoisotopic (exact) mass is 310 g/mol. The molecule has 0 spiro atoms. The number of carbonyl (C=O) groups is 1. The van der Waals surface area contributed by atoms with Crippen molar-refractivity contribution >= 4 is 11.8 Å². The summed E-state index contributed by atoms with van der Waals surface area (Å²) in [4.78, 5) is 15.9. The Morgan fingerprint density at radius 1 is 1.23 bits per heavy atom. The molecule has 120 valence electrons. The van der Waals surface area contributed by atoms with E-state index in [4.69, 9.17) is 4.74 Å². The molecular formula is C16H20F2N2O2. The van der Waals surface area contributed by atoms with Gasteiger partial charge < -0.3 is 14.5 Å². The van der Waals surface area contributed by atoms with Crippen LogP contribution in [0.4, 0.5) is 19.3 Å². The fourth-order valence-corrected chi connectivity index (χ4v) is 3.10. The number of carbonyl (C=O) groups excluding carboxylic acids is 1. The van der Waals surface area contributed by atoms with Gasteiger partial charge in [-0.15, -0.1) is 0 Å². The van der Waals surface area contributed by atoms with Crippen molar-refractivity contribution < 1.29 is 18.3 Å². The minimum atomic E-state index is -0.825. The predicted octanol–water partition coefficient (Wildman–Crippen LogP) is 2.95. The van der Waals surface area contributed by atoms with Crippen molar-refractivity contribution in [3.63, 3.8) is 0 Å². The molecule has 1 aromatic rings. The number of ether oxygens (including phenoxy) is 1. The summed E-state index contributed by atoms with van der Waals surface area (Å²) in [6.45, 7) is 7.12. The first kappa shape index (κ1) is 15.1. The maximum Gasteiger partial charge on any atom is 0.410 e. The smallest absolute Gasteiger partial charge is 0.410 e. The third-order valence-corrected chi connectivity index (χ3v) is 4.02. The lowest BCUT2D eigenvalue weighted by molar-refractivity contribution is 0.0217. The van der Waals surface area contributed by atoms with Crippen LogP contribution in [0.5, 0.6) is 0 Å². The summed E-state index contributed by atoms with van der Waals surface area (Å²) in [6, 6.07) is 2.58. The minimum Gasteiger partial charge on any atom is -0.444 e. The van der Waals surface area contributed by atoms with Crippen LogP contribution >= 0.6 is 0 Å². The van der Waals surface area contributed by atoms with Crippen molar-refractivity contribution in [1.82, 2.24) is 4.90 Å². The Morgan fingerprint density at radius 3 is 2.59 bits per heavy atom. The lowest BCUT2D eigenvalue weighted by atomic mass is 10.1. The molecule has 22 heavy (non-hydrogen) atoms. The third kappa shape index (κ3) is 2.74. The van der Waals surface area contributed by atoms with Crippen molar-refractivity contribution in [3.05, 3.63) is 29.3 Å². The van der Waals surface area contributed by atoms with Gasteiger partial charge in [0.05, 0.1) is 6.04 Å². The molecule has 0 aliphatic carbocycles. The molecular weight excluding hydrogens is 290 g/mol. The fraction of sp³-hybridized carbons (Fsp3) is 0.562. The molecule has 6 heteroatoms. The molecule has 4 nitrogen and oxygen atoms in total. The number of amides is 1. The van der Waals surface area contributed by atoms with E-state index < -0.39 is 17.2 Å². The molecule has 3 rings (SSSR count). The van der Waals surface area contributed by atoms with Gasteiger partial charge in [0, 0.05) is 31.4 Å². The second-order valence-electron chi connectivity index (χ2n) is 6.87. The van der Waals surface area contributed by atoms with Crippen molar-refractivity contribution in [1.29, 1.82) is 0 Å². The molecule has 2 heterocycles. The van der Waals surface area contributed by atoms with Crippen LogP contribution in [0.1, 0.15) is 26.3 Å². The highest BCUT2D eigenvalue weighted by molar-refractivity contribution is 5.70. The third-order valence-electron chi connectivity index (χ3n) is 4.02. The largest absolute Gasteiger partial charge is 0.444 e. The standard InChI is InChI=1S/C16H20F2N2O2/c1-16(2,3)22-15(21)19-4-5-20-11(9-19)6-10-7-12(17)13(18)8-14(10)20/h7-8,11H,4-6,9H2,1-3H3.